The molecule has 2 heterocycles. The van der Waals surface area contributed by atoms with Crippen molar-refractivity contribution in [3.05, 3.63) is 127 Å². The van der Waals surface area contributed by atoms with Gasteiger partial charge in [-0.2, -0.15) is 0 Å². The van der Waals surface area contributed by atoms with Crippen molar-refractivity contribution in [2.75, 3.05) is 0 Å². The van der Waals surface area contributed by atoms with E-state index in [0.29, 0.717) is 11.2 Å². The number of thioether (sulfide) groups is 1. The third-order valence-electron chi connectivity index (χ3n) is 7.93. The first-order valence-electron chi connectivity index (χ1n) is 13.1. The Hall–Kier alpha value is -4.21. The number of nitrogens with zero attached hydrogens (tertiary/aromatic N) is 2. The summed E-state index contributed by atoms with van der Waals surface area (Å²) in [5, 5.41) is 5.26. The third-order valence-corrected chi connectivity index (χ3v) is 9.28. The molecule has 0 radical (unpaired) electrons. The fourth-order valence-electron chi connectivity index (χ4n) is 6.06. The molecule has 0 spiro atoms. The van der Waals surface area contributed by atoms with Gasteiger partial charge in [-0.25, -0.2) is 9.97 Å². The predicted octanol–water partition coefficient (Wildman–Crippen LogP) is 9.26. The first-order chi connectivity index (χ1) is 18.7. The predicted molar refractivity (Wildman–Crippen MR) is 161 cm³/mol. The molecule has 0 fully saturated rings. The summed E-state index contributed by atoms with van der Waals surface area (Å²) in [6.45, 7) is 2.07. The monoisotopic (exact) mass is 504 g/mol. The molecule has 38 heavy (non-hydrogen) atoms. The van der Waals surface area contributed by atoms with Gasteiger partial charge in [-0.3, -0.25) is 0 Å². The molecule has 2 atom stereocenters. The van der Waals surface area contributed by atoms with Gasteiger partial charge < -0.3 is 0 Å². The van der Waals surface area contributed by atoms with Crippen molar-refractivity contribution in [2.24, 2.45) is 0 Å². The highest BCUT2D eigenvalue weighted by molar-refractivity contribution is 8.00. The number of rotatable bonds is 2. The van der Waals surface area contributed by atoms with Crippen molar-refractivity contribution in [3.63, 3.8) is 0 Å². The summed E-state index contributed by atoms with van der Waals surface area (Å²) in [5.41, 5.74) is 8.84. The lowest BCUT2D eigenvalue weighted by molar-refractivity contribution is 0.881. The molecule has 5 aromatic carbocycles. The number of allylic oxidation sites excluding steroid dienone is 3. The molecular formula is C35H24N2S. The van der Waals surface area contributed by atoms with Crippen LogP contribution < -0.4 is 0 Å². The van der Waals surface area contributed by atoms with Crippen molar-refractivity contribution in [1.29, 1.82) is 0 Å². The lowest BCUT2D eigenvalue weighted by Gasteiger charge is -2.15. The molecule has 0 saturated heterocycles. The van der Waals surface area contributed by atoms with Crippen LogP contribution in [0.1, 0.15) is 17.2 Å². The Morgan fingerprint density at radius 1 is 0.605 bits per heavy atom. The molecule has 1 aliphatic carbocycles. The van der Waals surface area contributed by atoms with Crippen LogP contribution in [-0.2, 0) is 0 Å². The van der Waals surface area contributed by atoms with Crippen LogP contribution in [0.15, 0.2) is 120 Å². The molecular weight excluding hydrogens is 480 g/mol. The maximum Gasteiger partial charge on any atom is 0.0979 e. The van der Waals surface area contributed by atoms with Gasteiger partial charge in [0.05, 0.1) is 22.4 Å². The molecule has 6 aromatic rings. The Balaban J connectivity index is 1.23. The average molecular weight is 505 g/mol. The molecule has 180 valence electrons. The van der Waals surface area contributed by atoms with Gasteiger partial charge in [0, 0.05) is 32.4 Å². The van der Waals surface area contributed by atoms with Crippen LogP contribution in [-0.4, -0.2) is 15.2 Å². The van der Waals surface area contributed by atoms with Gasteiger partial charge in [0.25, 0.3) is 0 Å². The van der Waals surface area contributed by atoms with Crippen LogP contribution in [0.2, 0.25) is 0 Å². The highest BCUT2D eigenvalue weighted by Gasteiger charge is 2.31. The quantitative estimate of drug-likeness (QED) is 0.220. The zero-order valence-electron chi connectivity index (χ0n) is 20.9. The van der Waals surface area contributed by atoms with E-state index < -0.39 is 0 Å². The Labute approximate surface area is 225 Å². The van der Waals surface area contributed by atoms with Crippen molar-refractivity contribution in [2.45, 2.75) is 23.0 Å². The first kappa shape index (κ1) is 21.8. The maximum atomic E-state index is 5.24. The minimum Gasteiger partial charge on any atom is -0.249 e. The number of benzene rings is 5. The summed E-state index contributed by atoms with van der Waals surface area (Å²) >= 11 is 1.97. The second-order valence-corrected chi connectivity index (χ2v) is 11.4. The number of hydrogen-bond acceptors (Lipinski definition) is 3. The van der Waals surface area contributed by atoms with Gasteiger partial charge in [0.15, 0.2) is 0 Å². The minimum absolute atomic E-state index is 0.473. The van der Waals surface area contributed by atoms with Gasteiger partial charge in [-0.1, -0.05) is 103 Å². The van der Waals surface area contributed by atoms with Gasteiger partial charge >= 0.3 is 0 Å². The topological polar surface area (TPSA) is 25.8 Å². The smallest absolute Gasteiger partial charge is 0.0979 e. The van der Waals surface area contributed by atoms with Crippen molar-refractivity contribution in [3.8, 4) is 22.4 Å². The Kier molecular flexibility index (Phi) is 4.83. The summed E-state index contributed by atoms with van der Waals surface area (Å²) in [7, 11) is 0. The lowest BCUT2D eigenvalue weighted by atomic mass is 9.90. The van der Waals surface area contributed by atoms with Crippen LogP contribution in [0.3, 0.4) is 0 Å². The molecule has 2 unspecified atom stereocenters. The zero-order chi connectivity index (χ0) is 25.2. The third kappa shape index (κ3) is 3.28. The number of hydrogen-bond donors (Lipinski definition) is 0. The molecule has 0 N–H and O–H groups in total. The van der Waals surface area contributed by atoms with Crippen LogP contribution in [0.25, 0.3) is 55.0 Å². The standard InChI is InChI=1S/C35H24N2S/c1-21-33(37-35-29-12-5-3-9-26(29)25-8-2-4-11-28(25)34(35)36-21)23-16-14-22(15-17-23)24-18-19-32-30(20-24)27-10-6-7-13-31(27)38-32/h2-20,27,31H,1H3. The maximum absolute atomic E-state index is 5.24. The fourth-order valence-corrected chi connectivity index (χ4v) is 7.38. The number of fused-ring (bicyclic) bond motifs is 9. The molecule has 1 aromatic heterocycles. The second kappa shape index (κ2) is 8.41. The van der Waals surface area contributed by atoms with Gasteiger partial charge in [0.1, 0.15) is 0 Å². The summed E-state index contributed by atoms with van der Waals surface area (Å²) in [6, 6.07) is 32.8. The molecule has 0 saturated carbocycles. The number of aromatic nitrogens is 2. The zero-order valence-corrected chi connectivity index (χ0v) is 21.7. The molecule has 3 heteroatoms. The lowest BCUT2D eigenvalue weighted by Crippen LogP contribution is -2.06. The van der Waals surface area contributed by atoms with Gasteiger partial charge in [-0.05, 0) is 46.5 Å². The van der Waals surface area contributed by atoms with Crippen LogP contribution in [0.4, 0.5) is 0 Å². The van der Waals surface area contributed by atoms with E-state index in [1.54, 1.807) is 0 Å². The summed E-state index contributed by atoms with van der Waals surface area (Å²) in [6.07, 6.45) is 9.01. The largest absolute Gasteiger partial charge is 0.249 e. The minimum atomic E-state index is 0.473. The Bertz CT molecular complexity index is 1970. The van der Waals surface area contributed by atoms with Crippen molar-refractivity contribution in [1.82, 2.24) is 9.97 Å². The fraction of sp³-hybridized carbons (Fsp3) is 0.0857. The van der Waals surface area contributed by atoms with Crippen LogP contribution >= 0.6 is 11.8 Å². The molecule has 0 amide bonds. The van der Waals surface area contributed by atoms with Gasteiger partial charge in [0.2, 0.25) is 0 Å². The van der Waals surface area contributed by atoms with E-state index >= 15 is 0 Å². The highest BCUT2D eigenvalue weighted by atomic mass is 32.2. The van der Waals surface area contributed by atoms with E-state index in [-0.39, 0.29) is 0 Å². The van der Waals surface area contributed by atoms with E-state index in [1.165, 1.54) is 32.4 Å². The van der Waals surface area contributed by atoms with E-state index in [9.17, 15) is 0 Å². The van der Waals surface area contributed by atoms with Crippen molar-refractivity contribution < 1.29 is 0 Å². The van der Waals surface area contributed by atoms with E-state index in [1.807, 2.05) is 11.8 Å². The van der Waals surface area contributed by atoms with Crippen LogP contribution in [0.5, 0.6) is 0 Å². The van der Waals surface area contributed by atoms with Crippen LogP contribution in [0, 0.1) is 6.92 Å². The Morgan fingerprint density at radius 2 is 1.21 bits per heavy atom. The van der Waals surface area contributed by atoms with E-state index in [2.05, 4.69) is 122 Å². The summed E-state index contributed by atoms with van der Waals surface area (Å²) in [4.78, 5) is 11.8. The Morgan fingerprint density at radius 3 is 1.95 bits per heavy atom. The normalized spacial score (nSPS) is 17.8. The first-order valence-corrected chi connectivity index (χ1v) is 14.0. The molecule has 2 nitrogen and oxygen atoms in total. The summed E-state index contributed by atoms with van der Waals surface area (Å²) in [5.74, 6) is 0.473. The van der Waals surface area contributed by atoms with Gasteiger partial charge in [-0.15, -0.1) is 11.8 Å². The highest BCUT2D eigenvalue weighted by Crippen LogP contribution is 2.49. The summed E-state index contributed by atoms with van der Waals surface area (Å²) < 4.78 is 0. The molecule has 8 rings (SSSR count). The molecule has 2 aliphatic rings. The van der Waals surface area contributed by atoms with E-state index in [4.69, 9.17) is 9.97 Å². The average Bonchev–Trinajstić information content (AvgIpc) is 3.35. The second-order valence-electron chi connectivity index (χ2n) is 10.2. The van der Waals surface area contributed by atoms with Crippen molar-refractivity contribution >= 4 is 44.3 Å². The molecule has 0 bridgehead atoms. The SMILES string of the molecule is Cc1nc2c3ccccc3c3ccccc3c2nc1-c1ccc(-c2ccc3c(c2)C2C=CC=CC2S3)cc1. The molecule has 1 aliphatic heterocycles. The van der Waals surface area contributed by atoms with E-state index in [0.717, 1.165) is 38.8 Å². The number of aryl methyl sites for hydroxylation is 1.